The van der Waals surface area contributed by atoms with Gasteiger partial charge in [-0.3, -0.25) is 9.59 Å². The zero-order chi connectivity index (χ0) is 19.9. The lowest BCUT2D eigenvalue weighted by molar-refractivity contribution is -0.158. The van der Waals surface area contributed by atoms with Crippen molar-refractivity contribution in [1.82, 2.24) is 4.90 Å². The Labute approximate surface area is 156 Å². The number of para-hydroxylation sites is 1. The van der Waals surface area contributed by atoms with Gasteiger partial charge in [0.25, 0.3) is 0 Å². The molecule has 0 bridgehead atoms. The van der Waals surface area contributed by atoms with Gasteiger partial charge in [0.2, 0.25) is 11.8 Å². The highest BCUT2D eigenvalue weighted by Crippen LogP contribution is 2.43. The van der Waals surface area contributed by atoms with Gasteiger partial charge in [0.15, 0.2) is 0 Å². The number of anilines is 1. The number of benzene rings is 2. The number of carbonyl (C=O) groups is 2. The van der Waals surface area contributed by atoms with Crippen LogP contribution in [0.3, 0.4) is 0 Å². The normalized spacial score (nSPS) is 19.6. The van der Waals surface area contributed by atoms with Crippen molar-refractivity contribution in [1.29, 1.82) is 0 Å². The molecule has 2 unspecified atom stereocenters. The molecule has 0 aliphatic carbocycles. The second-order valence-corrected chi connectivity index (χ2v) is 6.48. The number of hydrogen-bond donors (Lipinski definition) is 1. The lowest BCUT2D eigenvalue weighted by Gasteiger charge is -2.44. The van der Waals surface area contributed by atoms with Crippen molar-refractivity contribution >= 4 is 29.1 Å². The van der Waals surface area contributed by atoms with Crippen molar-refractivity contribution in [3.8, 4) is 0 Å². The summed E-state index contributed by atoms with van der Waals surface area (Å²) in [7, 11) is 1.38. The number of alkyl halides is 3. The predicted molar refractivity (Wildman–Crippen MR) is 90.5 cm³/mol. The molecule has 1 saturated heterocycles. The number of hydrogen-bond acceptors (Lipinski definition) is 2. The number of halogens is 5. The first kappa shape index (κ1) is 19.2. The van der Waals surface area contributed by atoms with Crippen LogP contribution in [-0.2, 0) is 15.8 Å². The van der Waals surface area contributed by atoms with Crippen LogP contribution in [0.1, 0.15) is 17.2 Å². The Morgan fingerprint density at radius 2 is 1.85 bits per heavy atom. The summed E-state index contributed by atoms with van der Waals surface area (Å²) in [6.07, 6.45) is -4.68. The van der Waals surface area contributed by atoms with Crippen molar-refractivity contribution in [2.24, 2.45) is 5.92 Å². The van der Waals surface area contributed by atoms with E-state index in [1.807, 2.05) is 0 Å². The maximum atomic E-state index is 13.7. The van der Waals surface area contributed by atoms with E-state index < -0.39 is 46.4 Å². The van der Waals surface area contributed by atoms with Crippen LogP contribution in [0.4, 0.5) is 23.2 Å². The maximum absolute atomic E-state index is 13.7. The first-order chi connectivity index (χ1) is 12.6. The van der Waals surface area contributed by atoms with Gasteiger partial charge in [0.1, 0.15) is 11.7 Å². The average Bonchev–Trinajstić information content (AvgIpc) is 2.60. The minimum Gasteiger partial charge on any atom is -0.337 e. The summed E-state index contributed by atoms with van der Waals surface area (Å²) in [6.45, 7) is 0. The summed E-state index contributed by atoms with van der Waals surface area (Å²) in [4.78, 5) is 25.8. The second-order valence-electron chi connectivity index (χ2n) is 6.08. The zero-order valence-electron chi connectivity index (χ0n) is 13.8. The topological polar surface area (TPSA) is 49.4 Å². The van der Waals surface area contributed by atoms with E-state index in [0.717, 1.165) is 23.1 Å². The van der Waals surface area contributed by atoms with Crippen LogP contribution in [0.15, 0.2) is 42.5 Å². The molecular weight excluding hydrogens is 388 g/mol. The molecule has 1 aliphatic rings. The highest BCUT2D eigenvalue weighted by molar-refractivity contribution is 6.31. The van der Waals surface area contributed by atoms with Crippen molar-refractivity contribution < 1.29 is 27.2 Å². The molecular formula is C18H13ClF4N2O2. The van der Waals surface area contributed by atoms with Crippen molar-refractivity contribution in [3.63, 3.8) is 0 Å². The Balaban J connectivity index is 1.90. The van der Waals surface area contributed by atoms with Crippen molar-refractivity contribution in [2.75, 3.05) is 12.4 Å². The lowest BCUT2D eigenvalue weighted by Crippen LogP contribution is -2.57. The third kappa shape index (κ3) is 3.49. The maximum Gasteiger partial charge on any atom is 0.417 e. The molecule has 0 radical (unpaired) electrons. The molecule has 0 saturated carbocycles. The number of amides is 2. The van der Waals surface area contributed by atoms with Crippen molar-refractivity contribution in [3.05, 3.63) is 64.4 Å². The largest absolute Gasteiger partial charge is 0.417 e. The van der Waals surface area contributed by atoms with Crippen LogP contribution in [0.5, 0.6) is 0 Å². The molecule has 2 aromatic rings. The molecule has 1 aliphatic heterocycles. The average molecular weight is 401 g/mol. The fourth-order valence-corrected chi connectivity index (χ4v) is 3.25. The highest BCUT2D eigenvalue weighted by atomic mass is 35.5. The molecule has 9 heteroatoms. The molecule has 1 fully saturated rings. The molecule has 142 valence electrons. The van der Waals surface area contributed by atoms with E-state index in [-0.39, 0.29) is 11.3 Å². The summed E-state index contributed by atoms with van der Waals surface area (Å²) >= 11 is 5.61. The van der Waals surface area contributed by atoms with E-state index in [9.17, 15) is 27.2 Å². The van der Waals surface area contributed by atoms with Crippen LogP contribution >= 0.6 is 11.6 Å². The van der Waals surface area contributed by atoms with E-state index in [1.54, 1.807) is 0 Å². The van der Waals surface area contributed by atoms with E-state index >= 15 is 0 Å². The SMILES string of the molecule is CN1C(=O)C(C(=O)Nc2ccccc2F)C1c1ccc(Cl)c(C(F)(F)F)c1. The molecule has 2 aromatic carbocycles. The van der Waals surface area contributed by atoms with Gasteiger partial charge in [-0.1, -0.05) is 29.8 Å². The Hall–Kier alpha value is -2.61. The monoisotopic (exact) mass is 400 g/mol. The number of carbonyl (C=O) groups excluding carboxylic acids is 2. The van der Waals surface area contributed by atoms with Crippen LogP contribution in [0.25, 0.3) is 0 Å². The number of nitrogens with zero attached hydrogens (tertiary/aromatic N) is 1. The Bertz CT molecular complexity index is 916. The summed E-state index contributed by atoms with van der Waals surface area (Å²) < 4.78 is 53.0. The Morgan fingerprint density at radius 3 is 2.48 bits per heavy atom. The number of rotatable bonds is 3. The van der Waals surface area contributed by atoms with Gasteiger partial charge in [-0.15, -0.1) is 0 Å². The molecule has 2 atom stereocenters. The number of nitrogens with one attached hydrogen (secondary N) is 1. The van der Waals surface area contributed by atoms with Crippen LogP contribution in [0.2, 0.25) is 5.02 Å². The van der Waals surface area contributed by atoms with Gasteiger partial charge < -0.3 is 10.2 Å². The molecule has 3 rings (SSSR count). The quantitative estimate of drug-likeness (QED) is 0.475. The molecule has 1 heterocycles. The van der Waals surface area contributed by atoms with E-state index in [1.165, 1.54) is 31.3 Å². The fourth-order valence-electron chi connectivity index (χ4n) is 3.02. The second kappa shape index (κ2) is 6.84. The van der Waals surface area contributed by atoms with Gasteiger partial charge in [0, 0.05) is 7.05 Å². The minimum absolute atomic E-state index is 0.113. The minimum atomic E-state index is -4.68. The van der Waals surface area contributed by atoms with Gasteiger partial charge in [0.05, 0.1) is 22.3 Å². The van der Waals surface area contributed by atoms with Gasteiger partial charge in [-0.2, -0.15) is 13.2 Å². The molecule has 0 aromatic heterocycles. The highest BCUT2D eigenvalue weighted by Gasteiger charge is 2.51. The molecule has 2 amide bonds. The zero-order valence-corrected chi connectivity index (χ0v) is 14.6. The summed E-state index contributed by atoms with van der Waals surface area (Å²) in [5.41, 5.74) is -1.05. The molecule has 0 spiro atoms. The standard InChI is InChI=1S/C18H13ClF4N2O2/c1-25-15(9-6-7-11(19)10(8-9)18(21,22)23)14(17(25)27)16(26)24-13-5-3-2-4-12(13)20/h2-8,14-15H,1H3,(H,24,26). The van der Waals surface area contributed by atoms with Gasteiger partial charge in [-0.25, -0.2) is 4.39 Å². The third-order valence-corrected chi connectivity index (χ3v) is 4.73. The smallest absolute Gasteiger partial charge is 0.337 e. The fraction of sp³-hybridized carbons (Fsp3) is 0.222. The molecule has 27 heavy (non-hydrogen) atoms. The third-order valence-electron chi connectivity index (χ3n) is 4.40. The molecule has 1 N–H and O–H groups in total. The van der Waals surface area contributed by atoms with Crippen LogP contribution in [0, 0.1) is 11.7 Å². The summed E-state index contributed by atoms with van der Waals surface area (Å²) in [5, 5.41) is 1.83. The first-order valence-corrected chi connectivity index (χ1v) is 8.17. The number of β-lactam (4-membered cyclic amide) rings is 1. The van der Waals surface area contributed by atoms with E-state index in [0.29, 0.717) is 0 Å². The van der Waals surface area contributed by atoms with Crippen LogP contribution in [-0.4, -0.2) is 23.8 Å². The molecule has 4 nitrogen and oxygen atoms in total. The van der Waals surface area contributed by atoms with E-state index in [4.69, 9.17) is 11.6 Å². The summed E-state index contributed by atoms with van der Waals surface area (Å²) in [6, 6.07) is 7.69. The lowest BCUT2D eigenvalue weighted by atomic mass is 9.81. The van der Waals surface area contributed by atoms with Crippen LogP contribution < -0.4 is 5.32 Å². The Kier molecular flexibility index (Phi) is 4.86. The Morgan fingerprint density at radius 1 is 1.19 bits per heavy atom. The van der Waals surface area contributed by atoms with E-state index in [2.05, 4.69) is 5.32 Å². The van der Waals surface area contributed by atoms with Gasteiger partial charge in [-0.05, 0) is 29.8 Å². The van der Waals surface area contributed by atoms with Crippen molar-refractivity contribution in [2.45, 2.75) is 12.2 Å². The van der Waals surface area contributed by atoms with Gasteiger partial charge >= 0.3 is 6.18 Å². The predicted octanol–water partition coefficient (Wildman–Crippen LogP) is 4.27. The number of likely N-dealkylation sites (tertiary alicyclic amines) is 1. The summed E-state index contributed by atoms with van der Waals surface area (Å²) in [5.74, 6) is -3.32. The first-order valence-electron chi connectivity index (χ1n) is 7.80.